The quantitative estimate of drug-likeness (QED) is 0.829. The first-order chi connectivity index (χ1) is 12.2. The van der Waals surface area contributed by atoms with E-state index in [-0.39, 0.29) is 11.9 Å². The van der Waals surface area contributed by atoms with Crippen LogP contribution in [0.4, 0.5) is 4.79 Å². The number of ether oxygens (including phenoxy) is 1. The van der Waals surface area contributed by atoms with E-state index in [1.165, 1.54) is 12.8 Å². The third kappa shape index (κ3) is 5.11. The molecule has 6 nitrogen and oxygen atoms in total. The number of fused-ring (bicyclic) bond motifs is 1. The Morgan fingerprint density at radius 1 is 1.28 bits per heavy atom. The van der Waals surface area contributed by atoms with Gasteiger partial charge in [-0.25, -0.2) is 4.79 Å². The molecule has 0 radical (unpaired) electrons. The summed E-state index contributed by atoms with van der Waals surface area (Å²) in [6.07, 6.45) is 3.68. The standard InChI is InChI=1S/C19H27N3O3/c1-2-20-19(24)22-9-10-25-17-7-5-14(11-16(17)13-22)6-8-18(23)21-12-15-3-4-15/h5,7,11,15H,2-4,6,8-10,12-13H2,1H3,(H,20,24)(H,21,23). The second-order valence-corrected chi connectivity index (χ2v) is 6.80. The highest BCUT2D eigenvalue weighted by molar-refractivity contribution is 5.76. The second kappa shape index (κ2) is 8.23. The van der Waals surface area contributed by atoms with E-state index in [4.69, 9.17) is 4.74 Å². The molecular formula is C19H27N3O3. The Kier molecular flexibility index (Phi) is 5.79. The maximum atomic E-state index is 12.1. The third-order valence-corrected chi connectivity index (χ3v) is 4.65. The van der Waals surface area contributed by atoms with Crippen molar-refractivity contribution in [3.63, 3.8) is 0 Å². The van der Waals surface area contributed by atoms with Gasteiger partial charge in [0.05, 0.1) is 13.1 Å². The smallest absolute Gasteiger partial charge is 0.317 e. The Bertz CT molecular complexity index is 628. The summed E-state index contributed by atoms with van der Waals surface area (Å²) in [6.45, 7) is 4.93. The Balaban J connectivity index is 1.57. The molecule has 0 aromatic heterocycles. The van der Waals surface area contributed by atoms with Gasteiger partial charge in [0.2, 0.25) is 5.91 Å². The molecule has 136 valence electrons. The van der Waals surface area contributed by atoms with Crippen LogP contribution in [0, 0.1) is 5.92 Å². The molecule has 6 heteroatoms. The summed E-state index contributed by atoms with van der Waals surface area (Å²) in [5.41, 5.74) is 2.10. The van der Waals surface area contributed by atoms with Gasteiger partial charge in [0.25, 0.3) is 0 Å². The molecule has 1 aromatic rings. The molecule has 2 aliphatic rings. The number of carbonyl (C=O) groups is 2. The Hall–Kier alpha value is -2.24. The van der Waals surface area contributed by atoms with Crippen LogP contribution in [0.25, 0.3) is 0 Å². The van der Waals surface area contributed by atoms with Crippen LogP contribution in [-0.2, 0) is 17.8 Å². The maximum absolute atomic E-state index is 12.1. The van der Waals surface area contributed by atoms with Crippen molar-refractivity contribution < 1.29 is 14.3 Å². The first kappa shape index (κ1) is 17.6. The van der Waals surface area contributed by atoms with E-state index in [0.717, 1.165) is 23.4 Å². The molecule has 25 heavy (non-hydrogen) atoms. The van der Waals surface area contributed by atoms with E-state index in [1.54, 1.807) is 4.90 Å². The second-order valence-electron chi connectivity index (χ2n) is 6.80. The number of benzene rings is 1. The van der Waals surface area contributed by atoms with Crippen molar-refractivity contribution in [2.24, 2.45) is 5.92 Å². The van der Waals surface area contributed by atoms with Crippen LogP contribution < -0.4 is 15.4 Å². The molecule has 0 saturated heterocycles. The molecule has 3 amide bonds. The number of rotatable bonds is 6. The molecule has 1 heterocycles. The molecule has 0 spiro atoms. The van der Waals surface area contributed by atoms with Gasteiger partial charge in [0.15, 0.2) is 0 Å². The van der Waals surface area contributed by atoms with Crippen molar-refractivity contribution in [3.05, 3.63) is 29.3 Å². The van der Waals surface area contributed by atoms with Gasteiger partial charge >= 0.3 is 6.03 Å². The topological polar surface area (TPSA) is 70.7 Å². The van der Waals surface area contributed by atoms with Crippen LogP contribution in [-0.4, -0.2) is 43.1 Å². The predicted molar refractivity (Wildman–Crippen MR) is 95.5 cm³/mol. The molecule has 1 fully saturated rings. The van der Waals surface area contributed by atoms with Crippen LogP contribution in [0.5, 0.6) is 5.75 Å². The first-order valence-corrected chi connectivity index (χ1v) is 9.19. The minimum Gasteiger partial charge on any atom is -0.491 e. The summed E-state index contributed by atoms with van der Waals surface area (Å²) in [5, 5.41) is 5.83. The summed E-state index contributed by atoms with van der Waals surface area (Å²) >= 11 is 0. The average molecular weight is 345 g/mol. The molecule has 0 bridgehead atoms. The number of hydrogen-bond donors (Lipinski definition) is 2. The van der Waals surface area contributed by atoms with Gasteiger partial charge in [-0.05, 0) is 43.7 Å². The Morgan fingerprint density at radius 2 is 2.12 bits per heavy atom. The molecule has 3 rings (SSSR count). The Morgan fingerprint density at radius 3 is 2.88 bits per heavy atom. The zero-order valence-electron chi connectivity index (χ0n) is 14.8. The molecule has 1 aliphatic carbocycles. The highest BCUT2D eigenvalue weighted by Gasteiger charge is 2.22. The van der Waals surface area contributed by atoms with Gasteiger partial charge in [-0.1, -0.05) is 12.1 Å². The molecule has 0 unspecified atom stereocenters. The Labute approximate surface area is 148 Å². The van der Waals surface area contributed by atoms with Gasteiger partial charge in [-0.15, -0.1) is 0 Å². The van der Waals surface area contributed by atoms with Crippen molar-refractivity contribution >= 4 is 11.9 Å². The van der Waals surface area contributed by atoms with E-state index in [1.807, 2.05) is 19.1 Å². The highest BCUT2D eigenvalue weighted by Crippen LogP contribution is 2.27. The molecule has 1 aromatic carbocycles. The summed E-state index contributed by atoms with van der Waals surface area (Å²) in [4.78, 5) is 25.8. The lowest BCUT2D eigenvalue weighted by Gasteiger charge is -2.20. The van der Waals surface area contributed by atoms with Crippen LogP contribution >= 0.6 is 0 Å². The molecule has 1 saturated carbocycles. The molecule has 2 N–H and O–H groups in total. The number of hydrogen-bond acceptors (Lipinski definition) is 3. The first-order valence-electron chi connectivity index (χ1n) is 9.19. The van der Waals surface area contributed by atoms with E-state index in [2.05, 4.69) is 16.7 Å². The zero-order chi connectivity index (χ0) is 17.6. The van der Waals surface area contributed by atoms with Crippen LogP contribution in [0.1, 0.15) is 37.3 Å². The van der Waals surface area contributed by atoms with Crippen molar-refractivity contribution in [3.8, 4) is 5.75 Å². The number of amides is 3. The van der Waals surface area contributed by atoms with E-state index < -0.39 is 0 Å². The SMILES string of the molecule is CCNC(=O)N1CCOc2ccc(CCC(=O)NCC3CC3)cc2C1. The number of nitrogens with zero attached hydrogens (tertiary/aromatic N) is 1. The number of aryl methyl sites for hydroxylation is 1. The molecule has 0 atom stereocenters. The fourth-order valence-corrected chi connectivity index (χ4v) is 2.97. The minimum absolute atomic E-state index is 0.0659. The lowest BCUT2D eigenvalue weighted by molar-refractivity contribution is -0.121. The van der Waals surface area contributed by atoms with Gasteiger partial charge in [0, 0.05) is 25.1 Å². The summed E-state index contributed by atoms with van der Waals surface area (Å²) < 4.78 is 5.76. The number of nitrogens with one attached hydrogen (secondary N) is 2. The van der Waals surface area contributed by atoms with Crippen molar-refractivity contribution in [1.29, 1.82) is 0 Å². The zero-order valence-corrected chi connectivity index (χ0v) is 14.8. The number of urea groups is 1. The van der Waals surface area contributed by atoms with E-state index in [9.17, 15) is 9.59 Å². The normalized spacial score (nSPS) is 16.4. The fraction of sp³-hybridized carbons (Fsp3) is 0.579. The molecular weight excluding hydrogens is 318 g/mol. The van der Waals surface area contributed by atoms with E-state index >= 15 is 0 Å². The van der Waals surface area contributed by atoms with Gasteiger partial charge in [0.1, 0.15) is 12.4 Å². The van der Waals surface area contributed by atoms with Gasteiger partial charge < -0.3 is 20.3 Å². The van der Waals surface area contributed by atoms with E-state index in [0.29, 0.717) is 45.0 Å². The molecule has 1 aliphatic heterocycles. The van der Waals surface area contributed by atoms with Gasteiger partial charge in [-0.2, -0.15) is 0 Å². The predicted octanol–water partition coefficient (Wildman–Crippen LogP) is 2.07. The van der Waals surface area contributed by atoms with Crippen molar-refractivity contribution in [2.45, 2.75) is 39.2 Å². The highest BCUT2D eigenvalue weighted by atomic mass is 16.5. The summed E-state index contributed by atoms with van der Waals surface area (Å²) in [5.74, 6) is 1.64. The third-order valence-electron chi connectivity index (χ3n) is 4.65. The lowest BCUT2D eigenvalue weighted by Crippen LogP contribution is -2.40. The fourth-order valence-electron chi connectivity index (χ4n) is 2.97. The van der Waals surface area contributed by atoms with Crippen LogP contribution in [0.2, 0.25) is 0 Å². The van der Waals surface area contributed by atoms with Crippen LogP contribution in [0.3, 0.4) is 0 Å². The van der Waals surface area contributed by atoms with Crippen molar-refractivity contribution in [1.82, 2.24) is 15.5 Å². The summed E-state index contributed by atoms with van der Waals surface area (Å²) in [6, 6.07) is 5.95. The largest absolute Gasteiger partial charge is 0.491 e. The number of carbonyl (C=O) groups excluding carboxylic acids is 2. The monoisotopic (exact) mass is 345 g/mol. The maximum Gasteiger partial charge on any atom is 0.317 e. The summed E-state index contributed by atoms with van der Waals surface area (Å²) in [7, 11) is 0. The average Bonchev–Trinajstić information content (AvgIpc) is 3.44. The van der Waals surface area contributed by atoms with Crippen LogP contribution in [0.15, 0.2) is 18.2 Å². The van der Waals surface area contributed by atoms with Gasteiger partial charge in [-0.3, -0.25) is 4.79 Å². The van der Waals surface area contributed by atoms with Crippen molar-refractivity contribution in [2.75, 3.05) is 26.2 Å². The lowest BCUT2D eigenvalue weighted by atomic mass is 10.0. The minimum atomic E-state index is -0.0659.